The van der Waals surface area contributed by atoms with Crippen LogP contribution in [-0.4, -0.2) is 43.6 Å². The zero-order valence-corrected chi connectivity index (χ0v) is 16.0. The van der Waals surface area contributed by atoms with Gasteiger partial charge in [-0.3, -0.25) is 14.4 Å². The van der Waals surface area contributed by atoms with Gasteiger partial charge in [0.05, 0.1) is 25.2 Å². The fourth-order valence-corrected chi connectivity index (χ4v) is 2.05. The molecular formula is C19H25N3O5. The standard InChI is InChI=1S/C19H25N3O5/c1-13(2)19(3,12-20)22-16(23)11-27-17(24)9-10-21-18(25)14-7-5-6-8-15(14)26-4/h5-8,13H,9-11H2,1-4H3,(H,21,25)(H,22,23)/t19-/m0/s1. The maximum Gasteiger partial charge on any atom is 0.308 e. The van der Waals surface area contributed by atoms with Gasteiger partial charge in [-0.2, -0.15) is 5.26 Å². The van der Waals surface area contributed by atoms with Crippen molar-refractivity contribution in [3.63, 3.8) is 0 Å². The number of esters is 1. The van der Waals surface area contributed by atoms with Gasteiger partial charge in [0.15, 0.2) is 6.61 Å². The van der Waals surface area contributed by atoms with Crippen molar-refractivity contribution in [3.8, 4) is 11.8 Å². The summed E-state index contributed by atoms with van der Waals surface area (Å²) in [5.41, 5.74) is -0.677. The molecule has 0 fully saturated rings. The second kappa shape index (κ2) is 10.2. The molecule has 1 rings (SSSR count). The van der Waals surface area contributed by atoms with E-state index in [9.17, 15) is 14.4 Å². The van der Waals surface area contributed by atoms with E-state index in [1.165, 1.54) is 7.11 Å². The van der Waals surface area contributed by atoms with E-state index in [0.29, 0.717) is 11.3 Å². The van der Waals surface area contributed by atoms with Crippen LogP contribution in [0, 0.1) is 17.2 Å². The lowest BCUT2D eigenvalue weighted by molar-refractivity contribution is -0.148. The van der Waals surface area contributed by atoms with Crippen molar-refractivity contribution < 1.29 is 23.9 Å². The summed E-state index contributed by atoms with van der Waals surface area (Å²) in [6.07, 6.45) is -0.0894. The summed E-state index contributed by atoms with van der Waals surface area (Å²) < 4.78 is 9.97. The van der Waals surface area contributed by atoms with Crippen LogP contribution in [0.25, 0.3) is 0 Å². The SMILES string of the molecule is COc1ccccc1C(=O)NCCC(=O)OCC(=O)N[C@@](C)(C#N)C(C)C. The average Bonchev–Trinajstić information content (AvgIpc) is 2.65. The number of hydrogen-bond acceptors (Lipinski definition) is 6. The maximum atomic E-state index is 12.1. The molecule has 0 radical (unpaired) electrons. The van der Waals surface area contributed by atoms with E-state index >= 15 is 0 Å². The van der Waals surface area contributed by atoms with Gasteiger partial charge in [0.1, 0.15) is 11.3 Å². The van der Waals surface area contributed by atoms with Crippen molar-refractivity contribution in [3.05, 3.63) is 29.8 Å². The number of para-hydroxylation sites is 1. The number of nitriles is 1. The summed E-state index contributed by atoms with van der Waals surface area (Å²) in [4.78, 5) is 35.6. The van der Waals surface area contributed by atoms with Crippen LogP contribution in [0.2, 0.25) is 0 Å². The second-order valence-electron chi connectivity index (χ2n) is 6.38. The number of rotatable bonds is 9. The number of benzene rings is 1. The highest BCUT2D eigenvalue weighted by molar-refractivity contribution is 5.97. The molecule has 1 atom stereocenters. The summed E-state index contributed by atoms with van der Waals surface area (Å²) in [6, 6.07) is 8.76. The van der Waals surface area contributed by atoms with Gasteiger partial charge < -0.3 is 20.1 Å². The Morgan fingerprint density at radius 1 is 1.26 bits per heavy atom. The molecule has 0 unspecified atom stereocenters. The molecule has 1 aromatic carbocycles. The first kappa shape index (κ1) is 22.0. The Hall–Kier alpha value is -3.08. The Balaban J connectivity index is 2.38. The van der Waals surface area contributed by atoms with Gasteiger partial charge >= 0.3 is 5.97 Å². The molecule has 146 valence electrons. The van der Waals surface area contributed by atoms with E-state index in [-0.39, 0.29) is 24.8 Å². The minimum atomic E-state index is -1.04. The van der Waals surface area contributed by atoms with E-state index < -0.39 is 24.0 Å². The van der Waals surface area contributed by atoms with E-state index in [2.05, 4.69) is 10.6 Å². The first-order valence-corrected chi connectivity index (χ1v) is 8.52. The second-order valence-corrected chi connectivity index (χ2v) is 6.38. The molecule has 0 heterocycles. The summed E-state index contributed by atoms with van der Waals surface area (Å²) in [5, 5.41) is 14.3. The van der Waals surface area contributed by atoms with Crippen LogP contribution < -0.4 is 15.4 Å². The fraction of sp³-hybridized carbons (Fsp3) is 0.474. The zero-order chi connectivity index (χ0) is 20.4. The van der Waals surface area contributed by atoms with Crippen LogP contribution in [0.15, 0.2) is 24.3 Å². The van der Waals surface area contributed by atoms with Crippen LogP contribution in [0.5, 0.6) is 5.75 Å². The molecule has 8 heteroatoms. The summed E-state index contributed by atoms with van der Waals surface area (Å²) in [6.45, 7) is 4.78. The van der Waals surface area contributed by atoms with Gasteiger partial charge in [-0.25, -0.2) is 0 Å². The van der Waals surface area contributed by atoms with Crippen molar-refractivity contribution in [2.75, 3.05) is 20.3 Å². The molecule has 2 N–H and O–H groups in total. The molecule has 0 saturated heterocycles. The van der Waals surface area contributed by atoms with E-state index in [0.717, 1.165) is 0 Å². The quantitative estimate of drug-likeness (QED) is 0.630. The number of amides is 2. The number of methoxy groups -OCH3 is 1. The molecule has 0 aliphatic heterocycles. The molecule has 0 aliphatic rings. The monoisotopic (exact) mass is 375 g/mol. The van der Waals surface area contributed by atoms with Crippen molar-refractivity contribution >= 4 is 17.8 Å². The Bertz CT molecular complexity index is 726. The Morgan fingerprint density at radius 2 is 1.93 bits per heavy atom. The molecule has 1 aromatic rings. The van der Waals surface area contributed by atoms with Crippen molar-refractivity contribution in [1.82, 2.24) is 10.6 Å². The number of hydrogen-bond donors (Lipinski definition) is 2. The Morgan fingerprint density at radius 3 is 2.52 bits per heavy atom. The predicted octanol–water partition coefficient (Wildman–Crippen LogP) is 1.41. The number of carbonyl (C=O) groups excluding carboxylic acids is 3. The summed E-state index contributed by atoms with van der Waals surface area (Å²) >= 11 is 0. The smallest absolute Gasteiger partial charge is 0.308 e. The van der Waals surface area contributed by atoms with E-state index in [1.807, 2.05) is 6.07 Å². The number of carbonyl (C=O) groups is 3. The summed E-state index contributed by atoms with van der Waals surface area (Å²) in [5.74, 6) is -1.24. The lowest BCUT2D eigenvalue weighted by Crippen LogP contribution is -2.50. The van der Waals surface area contributed by atoms with Gasteiger partial charge in [-0.15, -0.1) is 0 Å². The average molecular weight is 375 g/mol. The molecule has 0 aliphatic carbocycles. The third kappa shape index (κ3) is 6.62. The number of nitrogens with one attached hydrogen (secondary N) is 2. The highest BCUT2D eigenvalue weighted by Crippen LogP contribution is 2.17. The highest BCUT2D eigenvalue weighted by atomic mass is 16.5. The molecule has 27 heavy (non-hydrogen) atoms. The predicted molar refractivity (Wildman–Crippen MR) is 97.9 cm³/mol. The van der Waals surface area contributed by atoms with E-state index in [1.54, 1.807) is 45.0 Å². The van der Waals surface area contributed by atoms with Crippen molar-refractivity contribution in [2.24, 2.45) is 5.92 Å². The number of nitrogens with zero attached hydrogens (tertiary/aromatic N) is 1. The van der Waals surface area contributed by atoms with Gasteiger partial charge in [-0.1, -0.05) is 26.0 Å². The minimum Gasteiger partial charge on any atom is -0.496 e. The third-order valence-corrected chi connectivity index (χ3v) is 4.12. The van der Waals surface area contributed by atoms with Crippen LogP contribution in [-0.2, 0) is 14.3 Å². The van der Waals surface area contributed by atoms with Crippen molar-refractivity contribution in [1.29, 1.82) is 5.26 Å². The molecule has 0 bridgehead atoms. The molecule has 0 saturated carbocycles. The number of ether oxygens (including phenoxy) is 2. The van der Waals surface area contributed by atoms with Crippen LogP contribution in [0.4, 0.5) is 0 Å². The van der Waals surface area contributed by atoms with Gasteiger partial charge in [0.25, 0.3) is 11.8 Å². The lowest BCUT2D eigenvalue weighted by atomic mass is 9.90. The molecule has 2 amide bonds. The zero-order valence-electron chi connectivity index (χ0n) is 16.0. The summed E-state index contributed by atoms with van der Waals surface area (Å²) in [7, 11) is 1.46. The van der Waals surface area contributed by atoms with E-state index in [4.69, 9.17) is 14.7 Å². The molecule has 8 nitrogen and oxygen atoms in total. The fourth-order valence-electron chi connectivity index (χ4n) is 2.05. The van der Waals surface area contributed by atoms with Gasteiger partial charge in [-0.05, 0) is 25.0 Å². The van der Waals surface area contributed by atoms with Crippen LogP contribution in [0.3, 0.4) is 0 Å². The lowest BCUT2D eigenvalue weighted by Gasteiger charge is -2.27. The molecule has 0 spiro atoms. The highest BCUT2D eigenvalue weighted by Gasteiger charge is 2.30. The van der Waals surface area contributed by atoms with Gasteiger partial charge in [0.2, 0.25) is 0 Å². The third-order valence-electron chi connectivity index (χ3n) is 4.12. The first-order chi connectivity index (χ1) is 12.7. The van der Waals surface area contributed by atoms with Crippen LogP contribution in [0.1, 0.15) is 37.6 Å². The van der Waals surface area contributed by atoms with Crippen LogP contribution >= 0.6 is 0 Å². The largest absolute Gasteiger partial charge is 0.496 e. The minimum absolute atomic E-state index is 0.0548. The normalized spacial score (nSPS) is 12.4. The first-order valence-electron chi connectivity index (χ1n) is 8.52. The Labute approximate surface area is 158 Å². The maximum absolute atomic E-state index is 12.1. The topological polar surface area (TPSA) is 118 Å². The molecular weight excluding hydrogens is 350 g/mol. The Kier molecular flexibility index (Phi) is 8.27. The van der Waals surface area contributed by atoms with Crippen molar-refractivity contribution in [2.45, 2.75) is 32.7 Å². The molecule has 0 aromatic heterocycles. The van der Waals surface area contributed by atoms with Gasteiger partial charge in [0, 0.05) is 6.54 Å².